The van der Waals surface area contributed by atoms with E-state index in [2.05, 4.69) is 410 Å². The van der Waals surface area contributed by atoms with Crippen molar-refractivity contribution in [2.45, 2.75) is 428 Å². The predicted octanol–water partition coefficient (Wildman–Crippen LogP) is 46.3. The van der Waals surface area contributed by atoms with Gasteiger partial charge in [-0.15, -0.1) is 0 Å². The zero-order valence-electron chi connectivity index (χ0n) is 95.2. The summed E-state index contributed by atoms with van der Waals surface area (Å²) in [6.07, 6.45) is 0. The number of Topliss-reactive ketones (excluding diaryl/α,β-unsaturated/α-hetero) is 1. The molecule has 0 aromatic heterocycles. The van der Waals surface area contributed by atoms with Gasteiger partial charge in [0.05, 0.1) is 0 Å². The van der Waals surface area contributed by atoms with Crippen molar-refractivity contribution in [2.24, 2.45) is 0 Å². The summed E-state index contributed by atoms with van der Waals surface area (Å²) in [5.41, 5.74) is 29.0. The fraction of sp³-hybridized carbons (Fsp3) is 0.467. The molecule has 0 spiro atoms. The summed E-state index contributed by atoms with van der Waals surface area (Å²) >= 11 is 29.9. The molecule has 12 aromatic rings. The van der Waals surface area contributed by atoms with Crippen molar-refractivity contribution in [3.63, 3.8) is 0 Å². The van der Waals surface area contributed by atoms with E-state index in [4.69, 9.17) is 58.0 Å². The van der Waals surface area contributed by atoms with Crippen LogP contribution < -0.4 is 0 Å². The fourth-order valence-electron chi connectivity index (χ4n) is 14.3. The van der Waals surface area contributed by atoms with E-state index < -0.39 is 0 Å². The highest BCUT2D eigenvalue weighted by molar-refractivity contribution is 6.36. The molecule has 0 aliphatic carbocycles. The quantitative estimate of drug-likeness (QED) is 0.150. The Hall–Kier alpha value is -8.45. The lowest BCUT2D eigenvalue weighted by Crippen LogP contribution is -2.13. The summed E-state index contributed by atoms with van der Waals surface area (Å²) in [4.78, 5) is 11.1. The van der Waals surface area contributed by atoms with Gasteiger partial charge in [0.2, 0.25) is 0 Å². The average Bonchev–Trinajstić information content (AvgIpc) is 0.813. The van der Waals surface area contributed by atoms with Crippen molar-refractivity contribution in [1.29, 1.82) is 0 Å². The van der Waals surface area contributed by atoms with Gasteiger partial charge in [-0.05, 0) is 295 Å². The van der Waals surface area contributed by atoms with Crippen molar-refractivity contribution >= 4 is 63.8 Å². The Balaban J connectivity index is -0.000000365. The maximum absolute atomic E-state index is 12.9. The topological polar surface area (TPSA) is 17.1 Å². The van der Waals surface area contributed by atoms with Gasteiger partial charge in [-0.3, -0.25) is 4.79 Å². The van der Waals surface area contributed by atoms with Crippen LogP contribution in [0.1, 0.15) is 428 Å². The molecule has 0 amide bonds. The van der Waals surface area contributed by atoms with Gasteiger partial charge in [-0.25, -0.2) is 13.2 Å². The van der Waals surface area contributed by atoms with E-state index in [9.17, 15) is 18.0 Å². The zero-order chi connectivity index (χ0) is 109. The van der Waals surface area contributed by atoms with Crippen LogP contribution in [0.2, 0.25) is 25.1 Å². The molecule has 0 unspecified atom stereocenters. The van der Waals surface area contributed by atoms with Gasteiger partial charge in [0.25, 0.3) is 0 Å². The number of aryl methyl sites for hydroxylation is 8. The highest BCUT2D eigenvalue weighted by Crippen LogP contribution is 2.38. The first-order chi connectivity index (χ1) is 63.4. The molecule has 12 rings (SSSR count). The van der Waals surface area contributed by atoms with Crippen LogP contribution in [0, 0.1) is 79.8 Å². The molecule has 0 saturated carbocycles. The van der Waals surface area contributed by atoms with Gasteiger partial charge in [0.1, 0.15) is 17.5 Å². The third-order valence-electron chi connectivity index (χ3n) is 23.2. The normalized spacial score (nSPS) is 11.2. The average molecular weight is 2100 g/mol. The van der Waals surface area contributed by atoms with Gasteiger partial charge in [0.15, 0.2) is 5.78 Å². The number of ketones is 1. The summed E-state index contributed by atoms with van der Waals surface area (Å²) in [6.45, 7) is 98.5. The van der Waals surface area contributed by atoms with Crippen molar-refractivity contribution in [3.05, 3.63) is 420 Å². The lowest BCUT2D eigenvalue weighted by atomic mass is 9.83. The third-order valence-corrected chi connectivity index (χ3v) is 24.7. The summed E-state index contributed by atoms with van der Waals surface area (Å²) in [6, 6.07) is 83.9. The minimum atomic E-state index is -0.284. The van der Waals surface area contributed by atoms with Crippen LogP contribution in [-0.2, 0) is 65.0 Å². The van der Waals surface area contributed by atoms with Crippen LogP contribution in [0.5, 0.6) is 0 Å². The number of carbonyl (C=O) groups is 1. The number of hydrogen-bond donors (Lipinski definition) is 0. The van der Waals surface area contributed by atoms with Crippen LogP contribution in [0.4, 0.5) is 13.2 Å². The summed E-state index contributed by atoms with van der Waals surface area (Å²) < 4.78 is 38.4. The molecule has 0 saturated heterocycles. The van der Waals surface area contributed by atoms with Gasteiger partial charge in [-0.1, -0.05) is 563 Å². The minimum Gasteiger partial charge on any atom is -0.295 e. The van der Waals surface area contributed by atoms with E-state index in [1.807, 2.05) is 112 Å². The number of rotatable bonds is 1. The molecule has 9 heteroatoms. The van der Waals surface area contributed by atoms with E-state index in [1.165, 1.54) is 119 Å². The molecule has 0 aliphatic heterocycles. The Bertz CT molecular complexity index is 5500. The highest BCUT2D eigenvalue weighted by Gasteiger charge is 2.25. The number of benzene rings is 12. The smallest absolute Gasteiger partial charge is 0.159 e. The van der Waals surface area contributed by atoms with E-state index in [0.717, 1.165) is 47.9 Å². The second kappa shape index (κ2) is 63.6. The van der Waals surface area contributed by atoms with Gasteiger partial charge in [0, 0.05) is 30.7 Å². The largest absolute Gasteiger partial charge is 0.295 e. The van der Waals surface area contributed by atoms with Crippen LogP contribution in [-0.4, -0.2) is 5.78 Å². The molecule has 814 valence electrons. The minimum absolute atomic E-state index is 0. The first kappa shape index (κ1) is 148. The van der Waals surface area contributed by atoms with Crippen LogP contribution in [0.3, 0.4) is 0 Å². The number of hydrogen-bond acceptors (Lipinski definition) is 1. The Morgan fingerprint density at radius 1 is 0.212 bits per heavy atom. The van der Waals surface area contributed by atoms with E-state index in [-0.39, 0.29) is 133 Å². The maximum Gasteiger partial charge on any atom is 0.159 e. The molecule has 0 heterocycles. The lowest BCUT2D eigenvalue weighted by Gasteiger charge is -2.22. The molecule has 1 nitrogen and oxygen atoms in total. The molecule has 0 bridgehead atoms. The standard InChI is InChI=1S/C12H16O.C12H18.C11H15Cl.2C11H15F.4C11H16.C10H12Cl2.C10H12ClF.C10H13Cl.6CH4/c1-9(13)10-6-5-7-11(8-10)12(2,3)4;1-9-7-6-8-11(10(9)2)12(3,4)5;1-8-5-9(11(2,3)4)7-10(12)6-8;2*1-8-7-9(11(2,3)4)5-6-10(8)12;3*1-9-6-5-7-10(8-9)11(2,3)4;1-9-7-5-6-8-10(9)11(2,3)4;1-10(2,3)9-7(11)5-4-6-8(9)12;1-10(2,3)8-5-4-7(12)6-9(8)11;1-10(2,3)8-6-4-5-7-9(8)11;;;;;;/h5-8H,1-4H3;6-8H,1-5H3;3*5-7H,1-4H3;4*5-8H,1-4H3;2*4-6H,1-3H3;4-7H,1-3H3;6*1H4. The Kier molecular flexibility index (Phi) is 64.6. The molecule has 146 heavy (non-hydrogen) atoms. The molecular formula is C137H204Cl5F3O. The Morgan fingerprint density at radius 3 is 0.760 bits per heavy atom. The first-order valence-electron chi connectivity index (χ1n) is 49.3. The number of carbonyl (C=O) groups excluding carboxylic acids is 1. The van der Waals surface area contributed by atoms with Gasteiger partial charge >= 0.3 is 0 Å². The molecular weight excluding hydrogens is 1900 g/mol. The highest BCUT2D eigenvalue weighted by atomic mass is 35.5. The summed E-state index contributed by atoms with van der Waals surface area (Å²) in [7, 11) is 0. The molecule has 0 fully saturated rings. The maximum atomic E-state index is 12.9. The van der Waals surface area contributed by atoms with Gasteiger partial charge < -0.3 is 0 Å². The molecule has 0 N–H and O–H groups in total. The Labute approximate surface area is 922 Å². The molecule has 0 aliphatic rings. The predicted molar refractivity (Wildman–Crippen MR) is 660 cm³/mol. The van der Waals surface area contributed by atoms with E-state index >= 15 is 0 Å². The van der Waals surface area contributed by atoms with Crippen molar-refractivity contribution in [2.75, 3.05) is 0 Å². The second-order valence-corrected chi connectivity index (χ2v) is 51.5. The third kappa shape index (κ3) is 56.4. The van der Waals surface area contributed by atoms with Crippen molar-refractivity contribution < 1.29 is 18.0 Å². The van der Waals surface area contributed by atoms with Crippen LogP contribution in [0.15, 0.2) is 255 Å². The molecule has 0 radical (unpaired) electrons. The second-order valence-electron chi connectivity index (χ2n) is 49.5. The molecule has 0 atom stereocenters. The van der Waals surface area contributed by atoms with E-state index in [1.54, 1.807) is 26.8 Å². The van der Waals surface area contributed by atoms with Crippen LogP contribution >= 0.6 is 58.0 Å². The monoisotopic (exact) mass is 2100 g/mol. The zero-order valence-corrected chi connectivity index (χ0v) is 99.0. The van der Waals surface area contributed by atoms with Crippen LogP contribution in [0.25, 0.3) is 0 Å². The summed E-state index contributed by atoms with van der Waals surface area (Å²) in [5.74, 6) is -0.398. The van der Waals surface area contributed by atoms with E-state index in [0.29, 0.717) is 5.02 Å². The number of halogens is 8. The lowest BCUT2D eigenvalue weighted by molar-refractivity contribution is 0.101. The SMILES string of the molecule is C.C.C.C.C.C.CC(=O)c1cccc(C(C)(C)C)c1.CC(C)(C)c1c(Cl)cccc1Cl.CC(C)(C)c1ccc(F)cc1Cl.CC(C)(C)c1ccccc1Cl.Cc1cc(C(C)(C)C)ccc1F.Cc1cc(C(C)(C)C)ccc1F.Cc1cc(Cl)cc(C(C)(C)C)c1.Cc1cccc(C(C)(C)C)c1.Cc1cccc(C(C)(C)C)c1.Cc1cccc(C(C)(C)C)c1.Cc1cccc(C(C)(C)C)c1C.Cc1ccccc1C(C)(C)C. The Morgan fingerprint density at radius 2 is 0.493 bits per heavy atom. The fourth-order valence-corrected chi connectivity index (χ4v) is 16.4. The molecule has 12 aromatic carbocycles. The van der Waals surface area contributed by atoms with Crippen molar-refractivity contribution in [3.8, 4) is 0 Å². The summed E-state index contributed by atoms with van der Waals surface area (Å²) in [5, 5.41) is 3.69. The first-order valence-corrected chi connectivity index (χ1v) is 51.2. The van der Waals surface area contributed by atoms with Gasteiger partial charge in [-0.2, -0.15) is 0 Å². The van der Waals surface area contributed by atoms with Crippen molar-refractivity contribution in [1.82, 2.24) is 0 Å².